The molecule has 0 bridgehead atoms. The van der Waals surface area contributed by atoms with Gasteiger partial charge in [-0.3, -0.25) is 4.79 Å². The molecule has 1 rings (SSSR count). The number of aliphatic carboxylic acids is 1. The lowest BCUT2D eigenvalue weighted by Crippen LogP contribution is -2.26. The summed E-state index contributed by atoms with van der Waals surface area (Å²) >= 11 is 0. The molecule has 0 radical (unpaired) electrons. The molecular weight excluding hydrogens is 212 g/mol. The highest BCUT2D eigenvalue weighted by Crippen LogP contribution is 2.25. The Bertz CT molecular complexity index is 405. The number of carboxylic acids is 1. The second-order valence-corrected chi connectivity index (χ2v) is 5.18. The van der Waals surface area contributed by atoms with Crippen LogP contribution in [0.2, 0.25) is 0 Å². The van der Waals surface area contributed by atoms with Gasteiger partial charge >= 0.3 is 5.97 Å². The van der Waals surface area contributed by atoms with Crippen molar-refractivity contribution in [3.63, 3.8) is 0 Å². The molecule has 0 heterocycles. The van der Waals surface area contributed by atoms with Gasteiger partial charge in [0.2, 0.25) is 0 Å². The molecule has 1 aromatic rings. The minimum atomic E-state index is -0.735. The van der Waals surface area contributed by atoms with Crippen LogP contribution in [0.15, 0.2) is 18.2 Å². The van der Waals surface area contributed by atoms with Crippen LogP contribution in [-0.2, 0) is 24.1 Å². The molecule has 0 aromatic heterocycles. The molecule has 0 aliphatic rings. The van der Waals surface area contributed by atoms with Crippen LogP contribution < -0.4 is 0 Å². The van der Waals surface area contributed by atoms with E-state index in [1.807, 2.05) is 0 Å². The molecular formula is C15H22O2. The first-order valence-corrected chi connectivity index (χ1v) is 6.24. The molecule has 17 heavy (non-hydrogen) atoms. The van der Waals surface area contributed by atoms with E-state index >= 15 is 0 Å². The first kappa shape index (κ1) is 13.8. The molecule has 0 saturated carbocycles. The Hall–Kier alpha value is -1.31. The maximum Gasteiger partial charge on any atom is 0.309 e. The number of hydrogen-bond acceptors (Lipinski definition) is 1. The van der Waals surface area contributed by atoms with Crippen LogP contribution in [0.3, 0.4) is 0 Å². The molecule has 0 aliphatic carbocycles. The normalized spacial score (nSPS) is 11.5. The monoisotopic (exact) mass is 234 g/mol. The summed E-state index contributed by atoms with van der Waals surface area (Å²) in [7, 11) is 0. The molecule has 0 atom stereocenters. The van der Waals surface area contributed by atoms with E-state index in [1.165, 1.54) is 16.7 Å². The van der Waals surface area contributed by atoms with Crippen LogP contribution in [0.1, 0.15) is 44.4 Å². The number of carbonyl (C=O) groups is 1. The number of benzene rings is 1. The van der Waals surface area contributed by atoms with Crippen molar-refractivity contribution in [3.8, 4) is 0 Å². The SMILES string of the molecule is CCc1ccc(CC)c(CC(C)(C)C(=O)O)c1. The Kier molecular flexibility index (Phi) is 4.33. The molecule has 0 spiro atoms. The lowest BCUT2D eigenvalue weighted by Gasteiger charge is -2.21. The number of hydrogen-bond donors (Lipinski definition) is 1. The summed E-state index contributed by atoms with van der Waals surface area (Å²) in [5, 5.41) is 9.19. The van der Waals surface area contributed by atoms with Crippen LogP contribution in [0.25, 0.3) is 0 Å². The Morgan fingerprint density at radius 3 is 2.29 bits per heavy atom. The van der Waals surface area contributed by atoms with Gasteiger partial charge in [0, 0.05) is 0 Å². The molecule has 1 N–H and O–H groups in total. The lowest BCUT2D eigenvalue weighted by atomic mass is 9.83. The van der Waals surface area contributed by atoms with Crippen molar-refractivity contribution in [1.29, 1.82) is 0 Å². The molecule has 2 heteroatoms. The third-order valence-electron chi connectivity index (χ3n) is 3.27. The van der Waals surface area contributed by atoms with Crippen molar-refractivity contribution >= 4 is 5.97 Å². The van der Waals surface area contributed by atoms with Gasteiger partial charge in [-0.05, 0) is 49.8 Å². The molecule has 0 saturated heterocycles. The third-order valence-corrected chi connectivity index (χ3v) is 3.27. The zero-order valence-corrected chi connectivity index (χ0v) is 11.2. The van der Waals surface area contributed by atoms with Crippen LogP contribution >= 0.6 is 0 Å². The van der Waals surface area contributed by atoms with Crippen LogP contribution in [0.5, 0.6) is 0 Å². The van der Waals surface area contributed by atoms with E-state index in [0.29, 0.717) is 6.42 Å². The molecule has 94 valence electrons. The average Bonchev–Trinajstić information content (AvgIpc) is 2.28. The van der Waals surface area contributed by atoms with E-state index in [0.717, 1.165) is 12.8 Å². The van der Waals surface area contributed by atoms with Gasteiger partial charge in [-0.25, -0.2) is 0 Å². The van der Waals surface area contributed by atoms with E-state index in [2.05, 4.69) is 32.0 Å². The van der Waals surface area contributed by atoms with Crippen LogP contribution in [0.4, 0.5) is 0 Å². The van der Waals surface area contributed by atoms with E-state index in [9.17, 15) is 9.90 Å². The van der Waals surface area contributed by atoms with Crippen molar-refractivity contribution in [1.82, 2.24) is 0 Å². The Balaban J connectivity index is 3.07. The molecule has 0 amide bonds. The summed E-state index contributed by atoms with van der Waals surface area (Å²) in [6.07, 6.45) is 2.54. The first-order chi connectivity index (χ1) is 7.90. The molecule has 2 nitrogen and oxygen atoms in total. The summed E-state index contributed by atoms with van der Waals surface area (Å²) in [5.41, 5.74) is 3.02. The van der Waals surface area contributed by atoms with Gasteiger partial charge in [0.25, 0.3) is 0 Å². The Morgan fingerprint density at radius 1 is 1.18 bits per heavy atom. The highest BCUT2D eigenvalue weighted by molar-refractivity contribution is 5.74. The van der Waals surface area contributed by atoms with E-state index < -0.39 is 11.4 Å². The van der Waals surface area contributed by atoms with Gasteiger partial charge in [-0.1, -0.05) is 32.0 Å². The fourth-order valence-electron chi connectivity index (χ4n) is 1.96. The summed E-state index contributed by atoms with van der Waals surface area (Å²) in [5.74, 6) is -0.735. The van der Waals surface area contributed by atoms with Gasteiger partial charge in [0.1, 0.15) is 0 Å². The van der Waals surface area contributed by atoms with Crippen molar-refractivity contribution in [2.75, 3.05) is 0 Å². The van der Waals surface area contributed by atoms with Crippen LogP contribution in [0, 0.1) is 5.41 Å². The second kappa shape index (κ2) is 5.35. The van der Waals surface area contributed by atoms with Crippen molar-refractivity contribution in [2.45, 2.75) is 47.0 Å². The minimum absolute atomic E-state index is 0.597. The lowest BCUT2D eigenvalue weighted by molar-refractivity contribution is -0.146. The third kappa shape index (κ3) is 3.32. The molecule has 0 aliphatic heterocycles. The summed E-state index contributed by atoms with van der Waals surface area (Å²) in [4.78, 5) is 11.2. The van der Waals surface area contributed by atoms with E-state index in [4.69, 9.17) is 0 Å². The van der Waals surface area contributed by atoms with Gasteiger partial charge in [0.15, 0.2) is 0 Å². The standard InChI is InChI=1S/C15H22O2/c1-5-11-7-8-12(6-2)13(9-11)10-15(3,4)14(16)17/h7-9H,5-6,10H2,1-4H3,(H,16,17). The van der Waals surface area contributed by atoms with Gasteiger partial charge in [-0.15, -0.1) is 0 Å². The van der Waals surface area contributed by atoms with Crippen molar-refractivity contribution < 1.29 is 9.90 Å². The van der Waals surface area contributed by atoms with Gasteiger partial charge < -0.3 is 5.11 Å². The number of rotatable bonds is 5. The fourth-order valence-corrected chi connectivity index (χ4v) is 1.96. The highest BCUT2D eigenvalue weighted by atomic mass is 16.4. The molecule has 1 aromatic carbocycles. The quantitative estimate of drug-likeness (QED) is 0.847. The first-order valence-electron chi connectivity index (χ1n) is 6.24. The zero-order valence-electron chi connectivity index (χ0n) is 11.2. The number of carboxylic acid groups (broad SMARTS) is 1. The van der Waals surface area contributed by atoms with Gasteiger partial charge in [-0.2, -0.15) is 0 Å². The summed E-state index contributed by atoms with van der Waals surface area (Å²) in [6.45, 7) is 7.80. The zero-order chi connectivity index (χ0) is 13.1. The second-order valence-electron chi connectivity index (χ2n) is 5.18. The maximum atomic E-state index is 11.2. The van der Waals surface area contributed by atoms with Crippen molar-refractivity contribution in [2.24, 2.45) is 5.41 Å². The predicted octanol–water partition coefficient (Wildman–Crippen LogP) is 3.46. The van der Waals surface area contributed by atoms with E-state index in [1.54, 1.807) is 13.8 Å². The Labute approximate surface area is 104 Å². The van der Waals surface area contributed by atoms with Crippen molar-refractivity contribution in [3.05, 3.63) is 34.9 Å². The highest BCUT2D eigenvalue weighted by Gasteiger charge is 2.28. The van der Waals surface area contributed by atoms with Crippen LogP contribution in [-0.4, -0.2) is 11.1 Å². The average molecular weight is 234 g/mol. The smallest absolute Gasteiger partial charge is 0.309 e. The summed E-state index contributed by atoms with van der Waals surface area (Å²) in [6, 6.07) is 6.42. The largest absolute Gasteiger partial charge is 0.481 e. The molecule has 0 unspecified atom stereocenters. The topological polar surface area (TPSA) is 37.3 Å². The van der Waals surface area contributed by atoms with E-state index in [-0.39, 0.29) is 0 Å². The number of aryl methyl sites for hydroxylation is 2. The fraction of sp³-hybridized carbons (Fsp3) is 0.533. The maximum absolute atomic E-state index is 11.2. The Morgan fingerprint density at radius 2 is 1.82 bits per heavy atom. The summed E-state index contributed by atoms with van der Waals surface area (Å²) < 4.78 is 0. The van der Waals surface area contributed by atoms with Gasteiger partial charge in [0.05, 0.1) is 5.41 Å². The minimum Gasteiger partial charge on any atom is -0.481 e. The predicted molar refractivity (Wildman–Crippen MR) is 70.3 cm³/mol. The molecule has 0 fully saturated rings.